The van der Waals surface area contributed by atoms with E-state index >= 15 is 0 Å². The Morgan fingerprint density at radius 3 is 1.32 bits per heavy atom. The fourth-order valence-corrected chi connectivity index (χ4v) is 7.54. The number of hydrogen-bond acceptors (Lipinski definition) is 2. The van der Waals surface area contributed by atoms with Crippen LogP contribution in [0.3, 0.4) is 0 Å². The van der Waals surface area contributed by atoms with Crippen LogP contribution in [0.15, 0.2) is 106 Å². The topological polar surface area (TPSA) is 34.1 Å². The van der Waals surface area contributed by atoms with Crippen LogP contribution in [0.1, 0.15) is 22.3 Å². The van der Waals surface area contributed by atoms with Gasteiger partial charge in [-0.25, -0.2) is 0 Å². The summed E-state index contributed by atoms with van der Waals surface area (Å²) in [5.41, 5.74) is 4.35. The van der Waals surface area contributed by atoms with Gasteiger partial charge in [-0.15, -0.1) is 0 Å². The summed E-state index contributed by atoms with van der Waals surface area (Å²) in [6.45, 7) is 0. The van der Waals surface area contributed by atoms with Crippen molar-refractivity contribution in [1.29, 1.82) is 0 Å². The summed E-state index contributed by atoms with van der Waals surface area (Å²) in [4.78, 5) is 28.0. The molecule has 0 atom stereocenters. The van der Waals surface area contributed by atoms with Crippen LogP contribution < -0.4 is 0 Å². The molecule has 0 spiro atoms. The average Bonchev–Trinajstić information content (AvgIpc) is 2.97. The zero-order valence-corrected chi connectivity index (χ0v) is 24.1. The quantitative estimate of drug-likeness (QED) is 0.122. The molecule has 2 aliphatic carbocycles. The van der Waals surface area contributed by atoms with Crippen LogP contribution in [0, 0.1) is 0 Å². The van der Waals surface area contributed by atoms with Crippen molar-refractivity contribution in [2.75, 3.05) is 0 Å². The maximum atomic E-state index is 14.0. The van der Waals surface area contributed by atoms with Crippen molar-refractivity contribution in [3.8, 4) is 0 Å². The van der Waals surface area contributed by atoms with Crippen molar-refractivity contribution in [3.63, 3.8) is 0 Å². The number of carbonyl (C=O) groups excluding carboxylic acids is 2. The molecule has 2 nitrogen and oxygen atoms in total. The number of halogens is 2. The zero-order chi connectivity index (χ0) is 27.1. The second kappa shape index (κ2) is 8.69. The average molecular weight is 642 g/mol. The first-order valence-electron chi connectivity index (χ1n) is 13.0. The van der Waals surface area contributed by atoms with Crippen molar-refractivity contribution in [2.45, 2.75) is 0 Å². The fraction of sp³-hybridized carbons (Fsp3) is 0. The van der Waals surface area contributed by atoms with E-state index in [0.29, 0.717) is 11.1 Å². The second-order valence-corrected chi connectivity index (χ2v) is 11.9. The molecular formula is C36H18Br2O2. The Morgan fingerprint density at radius 2 is 0.875 bits per heavy atom. The van der Waals surface area contributed by atoms with E-state index in [9.17, 15) is 9.59 Å². The van der Waals surface area contributed by atoms with Crippen LogP contribution >= 0.6 is 31.9 Å². The molecule has 6 aromatic rings. The SMILES string of the molecule is O=C1C=Cc2cc(Br)c3ccc4ccccc4c3c2/C1=C1\C(=O)C=Cc2cc(Br)c3ccc4ccccc4c3c21. The summed E-state index contributed by atoms with van der Waals surface area (Å²) in [5.74, 6) is -0.324. The van der Waals surface area contributed by atoms with Crippen LogP contribution in [0.4, 0.5) is 0 Å². The van der Waals surface area contributed by atoms with Gasteiger partial charge < -0.3 is 0 Å². The third kappa shape index (κ3) is 3.27. The predicted octanol–water partition coefficient (Wildman–Crippen LogP) is 9.93. The molecule has 0 bridgehead atoms. The first kappa shape index (κ1) is 23.7. The lowest BCUT2D eigenvalue weighted by molar-refractivity contribution is -0.111. The van der Waals surface area contributed by atoms with Gasteiger partial charge in [0.2, 0.25) is 0 Å². The summed E-state index contributed by atoms with van der Waals surface area (Å²) in [7, 11) is 0. The number of rotatable bonds is 0. The van der Waals surface area contributed by atoms with E-state index < -0.39 is 0 Å². The fourth-order valence-electron chi connectivity index (χ4n) is 6.38. The van der Waals surface area contributed by atoms with E-state index in [4.69, 9.17) is 0 Å². The Bertz CT molecular complexity index is 2110. The highest BCUT2D eigenvalue weighted by molar-refractivity contribution is 9.11. The molecule has 0 aliphatic heterocycles. The zero-order valence-electron chi connectivity index (χ0n) is 21.0. The monoisotopic (exact) mass is 640 g/mol. The van der Waals surface area contributed by atoms with Gasteiger partial charge in [0, 0.05) is 31.2 Å². The van der Waals surface area contributed by atoms with Gasteiger partial charge in [0.1, 0.15) is 0 Å². The lowest BCUT2D eigenvalue weighted by Gasteiger charge is -2.25. The summed E-state index contributed by atoms with van der Waals surface area (Å²) < 4.78 is 1.90. The van der Waals surface area contributed by atoms with Crippen molar-refractivity contribution >= 4 is 110 Å². The molecule has 0 N–H and O–H groups in total. The Hall–Kier alpha value is -4.12. The summed E-state index contributed by atoms with van der Waals surface area (Å²) in [5, 5.41) is 8.20. The lowest BCUT2D eigenvalue weighted by Crippen LogP contribution is -2.15. The number of carbonyl (C=O) groups is 2. The van der Waals surface area contributed by atoms with Gasteiger partial charge in [-0.2, -0.15) is 0 Å². The standard InChI is InChI=1S/C36H18Br2O2/c37-27-17-21-11-15-29(39)35(31(21)33-23-7-3-1-5-19(23)9-13-25(27)33)36-30(40)16-12-22-18-28(38)26-14-10-20-6-2-4-8-24(20)34(26)32(22)36/h1-18H/b36-35+. The molecule has 6 aromatic carbocycles. The molecule has 0 aromatic heterocycles. The van der Waals surface area contributed by atoms with Gasteiger partial charge in [0.15, 0.2) is 11.6 Å². The molecule has 4 heteroatoms. The maximum absolute atomic E-state index is 14.0. The van der Waals surface area contributed by atoms with Crippen molar-refractivity contribution in [2.24, 2.45) is 0 Å². The van der Waals surface area contributed by atoms with Crippen LogP contribution in [-0.4, -0.2) is 11.6 Å². The van der Waals surface area contributed by atoms with Gasteiger partial charge >= 0.3 is 0 Å². The largest absolute Gasteiger partial charge is 0.289 e. The maximum Gasteiger partial charge on any atom is 0.187 e. The summed E-state index contributed by atoms with van der Waals surface area (Å²) in [6.07, 6.45) is 6.93. The van der Waals surface area contributed by atoms with Crippen LogP contribution in [0.5, 0.6) is 0 Å². The molecule has 0 saturated carbocycles. The first-order chi connectivity index (χ1) is 19.5. The van der Waals surface area contributed by atoms with Crippen molar-refractivity contribution in [1.82, 2.24) is 0 Å². The van der Waals surface area contributed by atoms with Crippen LogP contribution in [0.2, 0.25) is 0 Å². The molecule has 0 saturated heterocycles. The number of hydrogen-bond donors (Lipinski definition) is 0. The highest BCUT2D eigenvalue weighted by Crippen LogP contribution is 2.47. The van der Waals surface area contributed by atoms with Gasteiger partial charge in [-0.1, -0.05) is 117 Å². The minimum Gasteiger partial charge on any atom is -0.289 e. The molecule has 0 radical (unpaired) electrons. The second-order valence-electron chi connectivity index (χ2n) is 10.2. The van der Waals surface area contributed by atoms with Gasteiger partial charge in [-0.3, -0.25) is 9.59 Å². The first-order valence-corrected chi connectivity index (χ1v) is 14.6. The third-order valence-electron chi connectivity index (χ3n) is 8.09. The predicted molar refractivity (Wildman–Crippen MR) is 173 cm³/mol. The highest BCUT2D eigenvalue weighted by Gasteiger charge is 2.32. The number of allylic oxidation sites excluding steroid dienone is 4. The minimum atomic E-state index is -0.162. The molecule has 0 fully saturated rings. The Morgan fingerprint density at radius 1 is 0.450 bits per heavy atom. The van der Waals surface area contributed by atoms with Crippen molar-refractivity contribution < 1.29 is 9.59 Å². The number of benzene rings is 6. The van der Waals surface area contributed by atoms with Gasteiger partial charge in [0.05, 0.1) is 0 Å². The van der Waals surface area contributed by atoms with E-state index in [0.717, 1.165) is 74.3 Å². The molecule has 188 valence electrons. The molecule has 40 heavy (non-hydrogen) atoms. The normalized spacial score (nSPS) is 16.4. The third-order valence-corrected chi connectivity index (χ3v) is 9.40. The van der Waals surface area contributed by atoms with E-state index in [1.165, 1.54) is 0 Å². The van der Waals surface area contributed by atoms with Crippen LogP contribution in [-0.2, 0) is 9.59 Å². The summed E-state index contributed by atoms with van der Waals surface area (Å²) in [6, 6.07) is 28.9. The Labute approximate surface area is 246 Å². The molecular weight excluding hydrogens is 624 g/mol. The van der Waals surface area contributed by atoms with Crippen LogP contribution in [0.25, 0.3) is 66.4 Å². The van der Waals surface area contributed by atoms with E-state index in [-0.39, 0.29) is 11.6 Å². The molecule has 0 unspecified atom stereocenters. The van der Waals surface area contributed by atoms with E-state index in [2.05, 4.69) is 92.5 Å². The molecule has 8 rings (SSSR count). The molecule has 0 amide bonds. The Kier molecular flexibility index (Phi) is 5.16. The summed E-state index contributed by atoms with van der Waals surface area (Å²) >= 11 is 7.56. The van der Waals surface area contributed by atoms with Gasteiger partial charge in [0.25, 0.3) is 0 Å². The minimum absolute atomic E-state index is 0.162. The van der Waals surface area contributed by atoms with E-state index in [1.54, 1.807) is 12.2 Å². The van der Waals surface area contributed by atoms with Crippen molar-refractivity contribution in [3.05, 3.63) is 128 Å². The van der Waals surface area contributed by atoms with Gasteiger partial charge in [-0.05, 0) is 78.5 Å². The van der Waals surface area contributed by atoms with E-state index in [1.807, 2.05) is 36.4 Å². The lowest BCUT2D eigenvalue weighted by atomic mass is 9.77. The highest BCUT2D eigenvalue weighted by atomic mass is 79.9. The Balaban J connectivity index is 1.63. The number of ketones is 2. The molecule has 2 aliphatic rings. The smallest absolute Gasteiger partial charge is 0.187 e. The molecule has 0 heterocycles. The number of fused-ring (bicyclic) bond motifs is 10.